The lowest BCUT2D eigenvalue weighted by Gasteiger charge is -2.28. The second-order valence-electron chi connectivity index (χ2n) is 5.89. The highest BCUT2D eigenvalue weighted by Crippen LogP contribution is 2.44. The summed E-state index contributed by atoms with van der Waals surface area (Å²) in [6.45, 7) is 1.98. The van der Waals surface area contributed by atoms with Gasteiger partial charge in [-0.15, -0.1) is 0 Å². The molecule has 0 aliphatic carbocycles. The molecular formula is C20H14Cl2FN3. The van der Waals surface area contributed by atoms with Crippen LogP contribution in [0.15, 0.2) is 67.1 Å². The molecule has 0 saturated carbocycles. The van der Waals surface area contributed by atoms with Gasteiger partial charge in [0.05, 0.1) is 15.7 Å². The van der Waals surface area contributed by atoms with Crippen molar-refractivity contribution in [3.05, 3.63) is 88.5 Å². The number of halogens is 3. The number of nitrogens with zero attached hydrogens (tertiary/aromatic N) is 3. The summed E-state index contributed by atoms with van der Waals surface area (Å²) in [5, 5.41) is 0.909. The first-order valence-electron chi connectivity index (χ1n) is 7.98. The summed E-state index contributed by atoms with van der Waals surface area (Å²) >= 11 is 13.0. The first-order chi connectivity index (χ1) is 12.6. The van der Waals surface area contributed by atoms with Gasteiger partial charge in [-0.25, -0.2) is 9.37 Å². The molecule has 0 spiro atoms. The molecule has 3 nitrogen and oxygen atoms in total. The number of aryl methyl sites for hydroxylation is 1. The summed E-state index contributed by atoms with van der Waals surface area (Å²) in [5.74, 6) is -0.380. The smallest absolute Gasteiger partial charge is 0.162 e. The minimum absolute atomic E-state index is 0.380. The van der Waals surface area contributed by atoms with Gasteiger partial charge >= 0.3 is 0 Å². The molecule has 2 aromatic heterocycles. The van der Waals surface area contributed by atoms with E-state index in [4.69, 9.17) is 23.2 Å². The Morgan fingerprint density at radius 3 is 2.58 bits per heavy atom. The van der Waals surface area contributed by atoms with Gasteiger partial charge in [-0.1, -0.05) is 41.4 Å². The van der Waals surface area contributed by atoms with Crippen molar-refractivity contribution in [2.24, 2.45) is 0 Å². The number of pyridine rings is 1. The quantitative estimate of drug-likeness (QED) is 0.398. The van der Waals surface area contributed by atoms with E-state index >= 15 is 0 Å². The van der Waals surface area contributed by atoms with Crippen LogP contribution < -0.4 is 4.90 Å². The molecule has 2 heterocycles. The van der Waals surface area contributed by atoms with E-state index in [0.717, 1.165) is 11.3 Å². The molecule has 2 aromatic carbocycles. The number of aromatic nitrogens is 2. The van der Waals surface area contributed by atoms with Crippen LogP contribution in [0.2, 0.25) is 10.0 Å². The summed E-state index contributed by atoms with van der Waals surface area (Å²) in [5.41, 5.74) is 3.64. The largest absolute Gasteiger partial charge is 0.305 e. The molecule has 0 aliphatic heterocycles. The van der Waals surface area contributed by atoms with Gasteiger partial charge in [0.25, 0.3) is 0 Å². The van der Waals surface area contributed by atoms with E-state index in [9.17, 15) is 4.39 Å². The molecule has 0 unspecified atom stereocenters. The zero-order valence-corrected chi connectivity index (χ0v) is 15.3. The van der Waals surface area contributed by atoms with E-state index in [1.807, 2.05) is 52.9 Å². The van der Waals surface area contributed by atoms with Gasteiger partial charge in [-0.2, -0.15) is 0 Å². The molecule has 0 amide bonds. The maximum absolute atomic E-state index is 14.1. The van der Waals surface area contributed by atoms with Gasteiger partial charge in [-0.3, -0.25) is 0 Å². The van der Waals surface area contributed by atoms with Crippen LogP contribution in [-0.2, 0) is 0 Å². The molecule has 4 aromatic rings. The molecule has 0 saturated heterocycles. The minimum atomic E-state index is -0.380. The molecule has 0 N–H and O–H groups in total. The van der Waals surface area contributed by atoms with E-state index in [1.54, 1.807) is 12.3 Å². The molecule has 0 bridgehead atoms. The maximum Gasteiger partial charge on any atom is 0.162 e. The first kappa shape index (κ1) is 16.9. The van der Waals surface area contributed by atoms with E-state index in [2.05, 4.69) is 4.98 Å². The molecule has 0 aliphatic rings. The van der Waals surface area contributed by atoms with Gasteiger partial charge in [0, 0.05) is 24.3 Å². The van der Waals surface area contributed by atoms with Crippen LogP contribution in [0.4, 0.5) is 21.5 Å². The molecule has 0 fully saturated rings. The second kappa shape index (κ2) is 6.63. The van der Waals surface area contributed by atoms with Crippen molar-refractivity contribution >= 4 is 45.9 Å². The molecule has 0 radical (unpaired) electrons. The summed E-state index contributed by atoms with van der Waals surface area (Å²) in [6.07, 6.45) is 5.36. The van der Waals surface area contributed by atoms with Crippen molar-refractivity contribution in [3.8, 4) is 0 Å². The van der Waals surface area contributed by atoms with Gasteiger partial charge in [0.2, 0.25) is 0 Å². The van der Waals surface area contributed by atoms with Crippen LogP contribution in [-0.4, -0.2) is 9.38 Å². The fourth-order valence-electron chi connectivity index (χ4n) is 3.00. The Kier molecular flexibility index (Phi) is 4.31. The van der Waals surface area contributed by atoms with Crippen LogP contribution >= 0.6 is 23.2 Å². The Morgan fingerprint density at radius 1 is 0.962 bits per heavy atom. The van der Waals surface area contributed by atoms with Crippen molar-refractivity contribution < 1.29 is 4.39 Å². The van der Waals surface area contributed by atoms with Crippen LogP contribution in [0.3, 0.4) is 0 Å². The predicted molar refractivity (Wildman–Crippen MR) is 105 cm³/mol. The van der Waals surface area contributed by atoms with Gasteiger partial charge < -0.3 is 9.30 Å². The molecule has 130 valence electrons. The SMILES string of the molecule is Cc1ccccc1N(c1cc(F)ccc1Cl)c1c(Cl)ccn2ccnc12. The Balaban J connectivity index is 2.09. The average Bonchev–Trinajstić information content (AvgIpc) is 3.10. The monoisotopic (exact) mass is 385 g/mol. The van der Waals surface area contributed by atoms with Crippen LogP contribution in [0.5, 0.6) is 0 Å². The predicted octanol–water partition coefficient (Wildman–Crippen LogP) is 6.56. The topological polar surface area (TPSA) is 20.5 Å². The second-order valence-corrected chi connectivity index (χ2v) is 6.70. The third-order valence-corrected chi connectivity index (χ3v) is 4.84. The van der Waals surface area contributed by atoms with Crippen LogP contribution in [0.25, 0.3) is 5.65 Å². The van der Waals surface area contributed by atoms with Crippen molar-refractivity contribution in [2.45, 2.75) is 6.92 Å². The third kappa shape index (κ3) is 2.81. The van der Waals surface area contributed by atoms with Gasteiger partial charge in [0.15, 0.2) is 5.65 Å². The molecule has 4 rings (SSSR count). The number of benzene rings is 2. The number of hydrogen-bond acceptors (Lipinski definition) is 2. The van der Waals surface area contributed by atoms with E-state index in [0.29, 0.717) is 27.1 Å². The van der Waals surface area contributed by atoms with Crippen LogP contribution in [0, 0.1) is 12.7 Å². The highest BCUT2D eigenvalue weighted by molar-refractivity contribution is 6.36. The molecule has 0 atom stereocenters. The standard InChI is InChI=1S/C20H14Cl2FN3/c1-13-4-2-3-5-17(13)26(18-12-14(23)6-7-15(18)21)19-16(22)8-10-25-11-9-24-20(19)25/h2-12H,1H3. The Hall–Kier alpha value is -2.56. The summed E-state index contributed by atoms with van der Waals surface area (Å²) < 4.78 is 15.9. The Morgan fingerprint density at radius 2 is 1.77 bits per heavy atom. The maximum atomic E-state index is 14.1. The summed E-state index contributed by atoms with van der Waals surface area (Å²) in [7, 11) is 0. The molecule has 26 heavy (non-hydrogen) atoms. The fourth-order valence-corrected chi connectivity index (χ4v) is 3.42. The number of imidazole rings is 1. The van der Waals surface area contributed by atoms with Crippen molar-refractivity contribution in [1.82, 2.24) is 9.38 Å². The zero-order valence-electron chi connectivity index (χ0n) is 13.8. The van der Waals surface area contributed by atoms with Crippen molar-refractivity contribution in [3.63, 3.8) is 0 Å². The summed E-state index contributed by atoms with van der Waals surface area (Å²) in [4.78, 5) is 6.29. The minimum Gasteiger partial charge on any atom is -0.305 e. The number of rotatable bonds is 3. The average molecular weight is 386 g/mol. The lowest BCUT2D eigenvalue weighted by Crippen LogP contribution is -2.14. The first-order valence-corrected chi connectivity index (χ1v) is 8.74. The highest BCUT2D eigenvalue weighted by atomic mass is 35.5. The molecular weight excluding hydrogens is 372 g/mol. The number of anilines is 3. The van der Waals surface area contributed by atoms with Crippen LogP contribution in [0.1, 0.15) is 5.56 Å². The Bertz CT molecular complexity index is 1110. The van der Waals surface area contributed by atoms with Crippen molar-refractivity contribution in [1.29, 1.82) is 0 Å². The van der Waals surface area contributed by atoms with Gasteiger partial charge in [-0.05, 0) is 42.8 Å². The molecule has 6 heteroatoms. The highest BCUT2D eigenvalue weighted by Gasteiger charge is 2.23. The van der Waals surface area contributed by atoms with E-state index in [1.165, 1.54) is 18.2 Å². The number of hydrogen-bond donors (Lipinski definition) is 0. The zero-order chi connectivity index (χ0) is 18.3. The third-order valence-electron chi connectivity index (χ3n) is 4.22. The number of fused-ring (bicyclic) bond motifs is 1. The normalized spacial score (nSPS) is 11.1. The van der Waals surface area contributed by atoms with E-state index in [-0.39, 0.29) is 5.82 Å². The lowest BCUT2D eigenvalue weighted by atomic mass is 10.1. The lowest BCUT2D eigenvalue weighted by molar-refractivity contribution is 0.628. The van der Waals surface area contributed by atoms with E-state index < -0.39 is 0 Å². The summed E-state index contributed by atoms with van der Waals surface area (Å²) in [6, 6.07) is 13.8. The number of para-hydroxylation sites is 1. The fraction of sp³-hybridized carbons (Fsp3) is 0.0500. The van der Waals surface area contributed by atoms with Crippen molar-refractivity contribution in [2.75, 3.05) is 4.90 Å². The van der Waals surface area contributed by atoms with Gasteiger partial charge in [0.1, 0.15) is 11.5 Å². The Labute approximate surface area is 160 Å².